The van der Waals surface area contributed by atoms with E-state index in [-0.39, 0.29) is 12.4 Å². The summed E-state index contributed by atoms with van der Waals surface area (Å²) in [7, 11) is 0. The molecule has 0 unspecified atom stereocenters. The fourth-order valence-corrected chi connectivity index (χ4v) is 5.97. The summed E-state index contributed by atoms with van der Waals surface area (Å²) < 4.78 is 9.17. The van der Waals surface area contributed by atoms with E-state index in [0.717, 1.165) is 4.57 Å². The molecule has 3 aromatic carbocycles. The largest absolute Gasteiger partial charge is 0.465 e. The summed E-state index contributed by atoms with van der Waals surface area (Å²) in [5.41, 5.74) is -2.32. The van der Waals surface area contributed by atoms with Gasteiger partial charge in [-0.2, -0.15) is 4.68 Å². The average molecular weight is 508 g/mol. The Morgan fingerprint density at radius 1 is 0.842 bits per heavy atom. The van der Waals surface area contributed by atoms with E-state index in [1.165, 1.54) is 9.36 Å². The lowest BCUT2D eigenvalue weighted by molar-refractivity contribution is -0.149. The summed E-state index contributed by atoms with van der Waals surface area (Å²) in [5, 5.41) is 0. The van der Waals surface area contributed by atoms with Gasteiger partial charge >= 0.3 is 17.3 Å². The molecule has 0 saturated heterocycles. The van der Waals surface area contributed by atoms with Crippen LogP contribution in [0.4, 0.5) is 0 Å². The number of rotatable bonds is 6. The zero-order valence-electron chi connectivity index (χ0n) is 20.9. The van der Waals surface area contributed by atoms with Crippen molar-refractivity contribution in [3.63, 3.8) is 0 Å². The maximum absolute atomic E-state index is 14.1. The molecule has 0 bridgehead atoms. The van der Waals surface area contributed by atoms with Crippen molar-refractivity contribution in [2.75, 3.05) is 6.61 Å². The van der Waals surface area contributed by atoms with Crippen LogP contribution in [0.25, 0.3) is 11.4 Å². The summed E-state index contributed by atoms with van der Waals surface area (Å²) in [6, 6.07) is 26.3. The highest BCUT2D eigenvalue weighted by atomic mass is 16.5. The van der Waals surface area contributed by atoms with E-state index in [1.54, 1.807) is 92.7 Å². The van der Waals surface area contributed by atoms with E-state index in [0.29, 0.717) is 22.5 Å². The molecule has 2 aliphatic rings. The minimum atomic E-state index is -1.49. The standard InChI is InChI=1S/C30H25N3O5/c1-3-38-26(35)30-19-23(20-13-7-4-8-14-20)32-27(36)31(22-17-11-6-12-18-22)28(37)33(32)29(30,2)25(30)24(34)21-15-9-5-10-16-21/h4-19,25H,3H2,1-2H3/t25-,29+,30-/m1/s1. The van der Waals surface area contributed by atoms with Crippen molar-refractivity contribution in [1.82, 2.24) is 13.9 Å². The molecule has 8 heteroatoms. The lowest BCUT2D eigenvalue weighted by Crippen LogP contribution is -2.43. The summed E-state index contributed by atoms with van der Waals surface area (Å²) in [4.78, 5) is 55.7. The second-order valence-electron chi connectivity index (χ2n) is 9.66. The zero-order chi connectivity index (χ0) is 26.7. The molecule has 2 heterocycles. The Balaban J connectivity index is 1.70. The van der Waals surface area contributed by atoms with Crippen LogP contribution in [0, 0.1) is 11.3 Å². The lowest BCUT2D eigenvalue weighted by Gasteiger charge is -2.27. The maximum Gasteiger partial charge on any atom is 0.356 e. The van der Waals surface area contributed by atoms with Gasteiger partial charge in [0.25, 0.3) is 0 Å². The molecule has 3 atom stereocenters. The van der Waals surface area contributed by atoms with Gasteiger partial charge in [-0.1, -0.05) is 78.9 Å². The first-order chi connectivity index (χ1) is 18.4. The van der Waals surface area contributed by atoms with Gasteiger partial charge in [-0.25, -0.2) is 18.8 Å². The summed E-state index contributed by atoms with van der Waals surface area (Å²) >= 11 is 0. The monoisotopic (exact) mass is 507 g/mol. The minimum absolute atomic E-state index is 0.101. The summed E-state index contributed by atoms with van der Waals surface area (Å²) in [6.45, 7) is 3.48. The van der Waals surface area contributed by atoms with Gasteiger partial charge in [0.2, 0.25) is 0 Å². The molecule has 38 heavy (non-hydrogen) atoms. The van der Waals surface area contributed by atoms with Crippen LogP contribution < -0.4 is 11.4 Å². The predicted octanol–water partition coefficient (Wildman–Crippen LogP) is 3.48. The third kappa shape index (κ3) is 2.97. The summed E-state index contributed by atoms with van der Waals surface area (Å²) in [6.07, 6.45) is 1.65. The van der Waals surface area contributed by atoms with Crippen LogP contribution in [0.2, 0.25) is 0 Å². The third-order valence-corrected chi connectivity index (χ3v) is 7.77. The number of hydrogen-bond donors (Lipinski definition) is 0. The number of carbonyl (C=O) groups is 2. The van der Waals surface area contributed by atoms with Gasteiger partial charge in [0.05, 0.1) is 29.4 Å². The highest BCUT2D eigenvalue weighted by molar-refractivity contribution is 6.08. The van der Waals surface area contributed by atoms with Crippen molar-refractivity contribution in [1.29, 1.82) is 0 Å². The van der Waals surface area contributed by atoms with Crippen LogP contribution in [0.3, 0.4) is 0 Å². The molecule has 1 aliphatic carbocycles. The Kier molecular flexibility index (Phi) is 5.24. The third-order valence-electron chi connectivity index (χ3n) is 7.77. The Hall–Kier alpha value is -4.72. The molecule has 0 spiro atoms. The van der Waals surface area contributed by atoms with E-state index in [1.807, 2.05) is 18.2 Å². The Labute approximate surface area is 218 Å². The highest BCUT2D eigenvalue weighted by Crippen LogP contribution is 2.71. The number of carbonyl (C=O) groups excluding carboxylic acids is 2. The smallest absolute Gasteiger partial charge is 0.356 e. The number of benzene rings is 3. The second-order valence-corrected chi connectivity index (χ2v) is 9.66. The topological polar surface area (TPSA) is 92.3 Å². The fraction of sp³-hybridized carbons (Fsp3) is 0.200. The minimum Gasteiger partial charge on any atom is -0.465 e. The number of Topliss-reactive ketones (excluding diaryl/α,β-unsaturated/α-hetero) is 1. The van der Waals surface area contributed by atoms with Gasteiger partial charge < -0.3 is 4.74 Å². The van der Waals surface area contributed by atoms with Gasteiger partial charge in [0.1, 0.15) is 5.41 Å². The molecule has 8 nitrogen and oxygen atoms in total. The van der Waals surface area contributed by atoms with Crippen molar-refractivity contribution < 1.29 is 14.3 Å². The van der Waals surface area contributed by atoms with Crippen molar-refractivity contribution in [3.05, 3.63) is 129 Å². The van der Waals surface area contributed by atoms with Crippen molar-refractivity contribution in [3.8, 4) is 5.69 Å². The Bertz CT molecular complexity index is 1720. The SMILES string of the molecule is CCOC(=O)[C@]12C=C(c3ccccc3)n3c(=O)n(-c4ccccc4)c(=O)n3[C@@]1(C)[C@H]2C(=O)c1ccccc1. The first-order valence-corrected chi connectivity index (χ1v) is 12.5. The van der Waals surface area contributed by atoms with Crippen LogP contribution in [-0.2, 0) is 15.1 Å². The maximum atomic E-state index is 14.1. The normalized spacial score (nSPS) is 23.1. The van der Waals surface area contributed by atoms with E-state index >= 15 is 0 Å². The van der Waals surface area contributed by atoms with E-state index in [2.05, 4.69) is 0 Å². The van der Waals surface area contributed by atoms with Gasteiger partial charge in [-0.05, 0) is 32.1 Å². The number of nitrogens with zero attached hydrogens (tertiary/aromatic N) is 3. The Morgan fingerprint density at radius 2 is 1.42 bits per heavy atom. The van der Waals surface area contributed by atoms with Gasteiger partial charge in [0, 0.05) is 11.1 Å². The molecule has 6 rings (SSSR count). The van der Waals surface area contributed by atoms with Gasteiger partial charge in [-0.15, -0.1) is 0 Å². The molecule has 1 saturated carbocycles. The molecular weight excluding hydrogens is 482 g/mol. The number of esters is 1. The van der Waals surface area contributed by atoms with Crippen LogP contribution in [0.15, 0.2) is 107 Å². The molecule has 0 amide bonds. The number of ether oxygens (including phenoxy) is 1. The molecule has 190 valence electrons. The number of aromatic nitrogens is 3. The molecule has 4 aromatic rings. The van der Waals surface area contributed by atoms with Crippen LogP contribution in [-0.4, -0.2) is 32.3 Å². The van der Waals surface area contributed by atoms with Crippen LogP contribution in [0.1, 0.15) is 29.8 Å². The zero-order valence-corrected chi connectivity index (χ0v) is 20.9. The first kappa shape index (κ1) is 23.7. The number of ketones is 1. The molecule has 1 fully saturated rings. The van der Waals surface area contributed by atoms with Crippen molar-refractivity contribution in [2.24, 2.45) is 11.3 Å². The molecular formula is C30H25N3O5. The average Bonchev–Trinajstić information content (AvgIpc) is 3.41. The van der Waals surface area contributed by atoms with E-state index in [9.17, 15) is 19.2 Å². The molecule has 1 aromatic heterocycles. The Morgan fingerprint density at radius 3 is 2.03 bits per heavy atom. The number of hydrogen-bond acceptors (Lipinski definition) is 5. The molecule has 0 radical (unpaired) electrons. The number of fused-ring (bicyclic) bond motifs is 3. The predicted molar refractivity (Wildman–Crippen MR) is 141 cm³/mol. The van der Waals surface area contributed by atoms with Crippen molar-refractivity contribution >= 4 is 17.4 Å². The van der Waals surface area contributed by atoms with Gasteiger partial charge in [-0.3, -0.25) is 9.59 Å². The van der Waals surface area contributed by atoms with Gasteiger partial charge in [0.15, 0.2) is 5.78 Å². The van der Waals surface area contributed by atoms with Crippen molar-refractivity contribution in [2.45, 2.75) is 19.4 Å². The van der Waals surface area contributed by atoms with E-state index in [4.69, 9.17) is 4.74 Å². The quantitative estimate of drug-likeness (QED) is 0.294. The number of para-hydroxylation sites is 1. The lowest BCUT2D eigenvalue weighted by atomic mass is 9.93. The first-order valence-electron chi connectivity index (χ1n) is 12.5. The molecule has 1 aliphatic heterocycles. The second kappa shape index (κ2) is 8.41. The fourth-order valence-electron chi connectivity index (χ4n) is 5.97. The van der Waals surface area contributed by atoms with Crippen LogP contribution in [0.5, 0.6) is 0 Å². The van der Waals surface area contributed by atoms with Crippen LogP contribution >= 0.6 is 0 Å². The summed E-state index contributed by atoms with van der Waals surface area (Å²) in [5.74, 6) is -1.87. The molecule has 0 N–H and O–H groups in total. The van der Waals surface area contributed by atoms with E-state index < -0.39 is 34.2 Å². The highest BCUT2D eigenvalue weighted by Gasteiger charge is 2.84.